The number of amides is 1. The SMILES string of the molecule is COc1cc(Cn2c3ccccc3c(=O)c3cc(NC(=O)CCCCCN)ccc32)cc(OC)c1.Cl. The molecule has 0 saturated carbocycles. The number of carbonyl (C=O) groups is 1. The molecule has 0 aliphatic rings. The molecule has 4 aromatic rings. The van der Waals surface area contributed by atoms with Gasteiger partial charge in [0.2, 0.25) is 5.91 Å². The quantitative estimate of drug-likeness (QED) is 0.229. The number of pyridine rings is 1. The zero-order valence-electron chi connectivity index (χ0n) is 20.6. The van der Waals surface area contributed by atoms with E-state index in [1.165, 1.54) is 0 Å². The van der Waals surface area contributed by atoms with E-state index in [9.17, 15) is 9.59 Å². The molecule has 190 valence electrons. The van der Waals surface area contributed by atoms with Gasteiger partial charge in [0.1, 0.15) is 11.5 Å². The third-order valence-electron chi connectivity index (χ3n) is 6.12. The number of benzene rings is 3. The number of rotatable bonds is 10. The topological polar surface area (TPSA) is 95.6 Å². The van der Waals surface area contributed by atoms with Crippen LogP contribution in [0, 0.1) is 0 Å². The van der Waals surface area contributed by atoms with Gasteiger partial charge in [0.25, 0.3) is 0 Å². The summed E-state index contributed by atoms with van der Waals surface area (Å²) in [6.07, 6.45) is 3.05. The molecular weight excluding hydrogens is 478 g/mol. The average molecular weight is 510 g/mol. The van der Waals surface area contributed by atoms with Gasteiger partial charge in [-0.1, -0.05) is 18.6 Å². The fraction of sp³-hybridized carbons (Fsp3) is 0.286. The highest BCUT2D eigenvalue weighted by Gasteiger charge is 2.13. The lowest BCUT2D eigenvalue weighted by Crippen LogP contribution is -2.14. The smallest absolute Gasteiger partial charge is 0.224 e. The number of nitrogens with zero attached hydrogens (tertiary/aromatic N) is 1. The van der Waals surface area contributed by atoms with Crippen molar-refractivity contribution >= 4 is 45.8 Å². The van der Waals surface area contributed by atoms with Crippen LogP contribution in [0.15, 0.2) is 65.5 Å². The second-order valence-corrected chi connectivity index (χ2v) is 8.53. The van der Waals surface area contributed by atoms with Crippen molar-refractivity contribution in [3.63, 3.8) is 0 Å². The number of nitrogens with two attached hydrogens (primary N) is 1. The van der Waals surface area contributed by atoms with E-state index in [4.69, 9.17) is 15.2 Å². The molecule has 0 atom stereocenters. The van der Waals surface area contributed by atoms with Crippen LogP contribution in [0.5, 0.6) is 11.5 Å². The maximum absolute atomic E-state index is 13.4. The predicted molar refractivity (Wildman–Crippen MR) is 148 cm³/mol. The average Bonchev–Trinajstić information content (AvgIpc) is 2.88. The van der Waals surface area contributed by atoms with Crippen LogP contribution >= 0.6 is 12.4 Å². The van der Waals surface area contributed by atoms with Crippen LogP contribution in [0.3, 0.4) is 0 Å². The molecule has 0 aliphatic carbocycles. The number of carbonyl (C=O) groups excluding carboxylic acids is 1. The Labute approximate surface area is 216 Å². The molecule has 0 spiro atoms. The van der Waals surface area contributed by atoms with Crippen molar-refractivity contribution in [2.75, 3.05) is 26.1 Å². The Bertz CT molecular complexity index is 1400. The minimum Gasteiger partial charge on any atom is -0.497 e. The zero-order chi connectivity index (χ0) is 24.8. The van der Waals surface area contributed by atoms with Gasteiger partial charge < -0.3 is 25.1 Å². The number of hydrogen-bond acceptors (Lipinski definition) is 5. The maximum atomic E-state index is 13.4. The largest absolute Gasteiger partial charge is 0.497 e. The van der Waals surface area contributed by atoms with Gasteiger partial charge in [-0.3, -0.25) is 9.59 Å². The highest BCUT2D eigenvalue weighted by molar-refractivity contribution is 5.97. The first-order chi connectivity index (χ1) is 17.0. The summed E-state index contributed by atoms with van der Waals surface area (Å²) in [5.74, 6) is 1.34. The number of para-hydroxylation sites is 1. The number of unbranched alkanes of at least 4 members (excludes halogenated alkanes) is 2. The van der Waals surface area contributed by atoms with E-state index < -0.39 is 0 Å². The minimum absolute atomic E-state index is 0. The second-order valence-electron chi connectivity index (χ2n) is 8.53. The Kier molecular flexibility index (Phi) is 9.33. The van der Waals surface area contributed by atoms with Crippen molar-refractivity contribution in [2.45, 2.75) is 32.2 Å². The van der Waals surface area contributed by atoms with E-state index in [2.05, 4.69) is 9.88 Å². The minimum atomic E-state index is -0.0639. The zero-order valence-corrected chi connectivity index (χ0v) is 21.4. The Morgan fingerprint density at radius 3 is 2.28 bits per heavy atom. The third-order valence-corrected chi connectivity index (χ3v) is 6.12. The number of fused-ring (bicyclic) bond motifs is 2. The molecule has 3 aromatic carbocycles. The van der Waals surface area contributed by atoms with Gasteiger partial charge >= 0.3 is 0 Å². The standard InChI is InChI=1S/C28H31N3O4.ClH/c1-34-21-14-19(15-22(17-21)35-2)18-31-25-9-6-5-8-23(25)28(33)24-16-20(11-12-26(24)31)30-27(32)10-4-3-7-13-29;/h5-6,8-9,11-12,14-17H,3-4,7,10,13,18,29H2,1-2H3,(H,30,32);1H. The van der Waals surface area contributed by atoms with Crippen molar-refractivity contribution in [1.82, 2.24) is 4.57 Å². The fourth-order valence-electron chi connectivity index (χ4n) is 4.35. The molecule has 36 heavy (non-hydrogen) atoms. The number of hydrogen-bond donors (Lipinski definition) is 2. The van der Waals surface area contributed by atoms with Crippen LogP contribution in [-0.2, 0) is 11.3 Å². The van der Waals surface area contributed by atoms with E-state index in [0.717, 1.165) is 35.9 Å². The summed E-state index contributed by atoms with van der Waals surface area (Å²) in [5, 5.41) is 4.11. The van der Waals surface area contributed by atoms with Crippen molar-refractivity contribution < 1.29 is 14.3 Å². The number of nitrogens with one attached hydrogen (secondary N) is 1. The summed E-state index contributed by atoms with van der Waals surface area (Å²) < 4.78 is 13.0. The first-order valence-corrected chi connectivity index (χ1v) is 11.8. The number of halogens is 1. The van der Waals surface area contributed by atoms with Crippen molar-refractivity contribution in [3.8, 4) is 11.5 Å². The molecule has 1 aromatic heterocycles. The van der Waals surface area contributed by atoms with Crippen molar-refractivity contribution in [3.05, 3.63) is 76.5 Å². The fourth-order valence-corrected chi connectivity index (χ4v) is 4.35. The molecular formula is C28H32ClN3O4. The Hall–Kier alpha value is -3.55. The van der Waals surface area contributed by atoms with Gasteiger partial charge in [0, 0.05) is 35.5 Å². The first-order valence-electron chi connectivity index (χ1n) is 11.8. The van der Waals surface area contributed by atoms with Gasteiger partial charge in [0.05, 0.1) is 25.3 Å². The predicted octanol–water partition coefficient (Wildman–Crippen LogP) is 5.10. The molecule has 8 heteroatoms. The van der Waals surface area contributed by atoms with Crippen molar-refractivity contribution in [1.29, 1.82) is 0 Å². The summed E-state index contributed by atoms with van der Waals surface area (Å²) in [4.78, 5) is 25.8. The lowest BCUT2D eigenvalue weighted by molar-refractivity contribution is -0.116. The monoisotopic (exact) mass is 509 g/mol. The first kappa shape index (κ1) is 27.0. The normalized spacial score (nSPS) is 10.8. The lowest BCUT2D eigenvalue weighted by Gasteiger charge is -2.17. The Balaban J connectivity index is 0.00000361. The molecule has 1 heterocycles. The molecule has 0 radical (unpaired) electrons. The molecule has 0 saturated heterocycles. The lowest BCUT2D eigenvalue weighted by atomic mass is 10.1. The molecule has 4 rings (SSSR count). The summed E-state index contributed by atoms with van der Waals surface area (Å²) in [7, 11) is 3.24. The molecule has 0 bridgehead atoms. The molecule has 1 amide bonds. The van der Waals surface area contributed by atoms with E-state index in [-0.39, 0.29) is 23.7 Å². The van der Waals surface area contributed by atoms with Gasteiger partial charge in [-0.25, -0.2) is 0 Å². The number of ether oxygens (including phenoxy) is 2. The van der Waals surface area contributed by atoms with Crippen LogP contribution in [0.25, 0.3) is 21.8 Å². The summed E-state index contributed by atoms with van der Waals surface area (Å²) in [5.41, 5.74) is 8.68. The van der Waals surface area contributed by atoms with Crippen LogP contribution < -0.4 is 26.0 Å². The summed E-state index contributed by atoms with van der Waals surface area (Å²) in [6.45, 7) is 1.15. The van der Waals surface area contributed by atoms with Crippen molar-refractivity contribution in [2.24, 2.45) is 5.73 Å². The number of anilines is 1. The van der Waals surface area contributed by atoms with E-state index in [1.807, 2.05) is 54.6 Å². The van der Waals surface area contributed by atoms with E-state index in [0.29, 0.717) is 47.5 Å². The maximum Gasteiger partial charge on any atom is 0.224 e. The number of aromatic nitrogens is 1. The van der Waals surface area contributed by atoms with E-state index in [1.54, 1.807) is 20.3 Å². The molecule has 7 nitrogen and oxygen atoms in total. The van der Waals surface area contributed by atoms with Crippen LogP contribution in [0.2, 0.25) is 0 Å². The molecule has 0 fully saturated rings. The van der Waals surface area contributed by atoms with E-state index >= 15 is 0 Å². The molecule has 0 aliphatic heterocycles. The van der Waals surface area contributed by atoms with Gasteiger partial charge in [-0.05, 0) is 67.4 Å². The molecule has 0 unspecified atom stereocenters. The number of methoxy groups -OCH3 is 2. The second kappa shape index (κ2) is 12.4. The third kappa shape index (κ3) is 5.98. The van der Waals surface area contributed by atoms with Crippen LogP contribution in [-0.4, -0.2) is 31.2 Å². The van der Waals surface area contributed by atoms with Crippen LogP contribution in [0.1, 0.15) is 31.2 Å². The molecule has 3 N–H and O–H groups in total. The summed E-state index contributed by atoms with van der Waals surface area (Å²) in [6, 6.07) is 18.8. The Morgan fingerprint density at radius 2 is 1.58 bits per heavy atom. The Morgan fingerprint density at radius 1 is 0.889 bits per heavy atom. The van der Waals surface area contributed by atoms with Gasteiger partial charge in [0.15, 0.2) is 5.43 Å². The summed E-state index contributed by atoms with van der Waals surface area (Å²) >= 11 is 0. The van der Waals surface area contributed by atoms with Crippen LogP contribution in [0.4, 0.5) is 5.69 Å². The highest BCUT2D eigenvalue weighted by atomic mass is 35.5. The van der Waals surface area contributed by atoms with Gasteiger partial charge in [-0.2, -0.15) is 0 Å². The highest BCUT2D eigenvalue weighted by Crippen LogP contribution is 2.27. The van der Waals surface area contributed by atoms with Gasteiger partial charge in [-0.15, -0.1) is 12.4 Å².